The largest absolute Gasteiger partial charge is 0.396 e. The zero-order valence-electron chi connectivity index (χ0n) is 15.5. The first kappa shape index (κ1) is 21.7. The van der Waals surface area contributed by atoms with Crippen molar-refractivity contribution in [1.29, 1.82) is 0 Å². The van der Waals surface area contributed by atoms with Crippen LogP contribution in [0.5, 0.6) is 0 Å². The number of hydrogen-bond acceptors (Lipinski definition) is 2. The third kappa shape index (κ3) is 13.3. The minimum Gasteiger partial charge on any atom is -0.396 e. The van der Waals surface area contributed by atoms with Gasteiger partial charge < -0.3 is 10.2 Å². The van der Waals surface area contributed by atoms with E-state index in [1.807, 2.05) is 6.08 Å². The van der Waals surface area contributed by atoms with Crippen molar-refractivity contribution in [2.75, 3.05) is 13.2 Å². The predicted octanol–water partition coefficient (Wildman–Crippen LogP) is 5.34. The molecule has 3 atom stereocenters. The first-order valence-electron chi connectivity index (χ1n) is 9.36. The fraction of sp³-hybridized carbons (Fsp3) is 0.900. The van der Waals surface area contributed by atoms with Gasteiger partial charge in [0.25, 0.3) is 0 Å². The van der Waals surface area contributed by atoms with Crippen molar-refractivity contribution in [2.45, 2.75) is 85.5 Å². The van der Waals surface area contributed by atoms with E-state index in [0.717, 1.165) is 24.7 Å². The van der Waals surface area contributed by atoms with Crippen molar-refractivity contribution in [2.24, 2.45) is 17.8 Å². The van der Waals surface area contributed by atoms with E-state index in [1.54, 1.807) is 0 Å². The van der Waals surface area contributed by atoms with Gasteiger partial charge in [0, 0.05) is 6.61 Å². The van der Waals surface area contributed by atoms with Crippen LogP contribution in [0.15, 0.2) is 11.6 Å². The van der Waals surface area contributed by atoms with Crippen molar-refractivity contribution in [3.63, 3.8) is 0 Å². The molecule has 2 N–H and O–H groups in total. The number of hydrogen-bond donors (Lipinski definition) is 2. The normalized spacial score (nSPS) is 16.5. The highest BCUT2D eigenvalue weighted by Crippen LogP contribution is 2.21. The highest BCUT2D eigenvalue weighted by atomic mass is 16.3. The molecule has 22 heavy (non-hydrogen) atoms. The minimum absolute atomic E-state index is 0.177. The van der Waals surface area contributed by atoms with Gasteiger partial charge in [-0.15, -0.1) is 0 Å². The second-order valence-electron chi connectivity index (χ2n) is 7.49. The van der Waals surface area contributed by atoms with Crippen molar-refractivity contribution in [3.05, 3.63) is 11.6 Å². The molecular weight excluding hydrogens is 272 g/mol. The van der Waals surface area contributed by atoms with Crippen LogP contribution in [-0.4, -0.2) is 23.4 Å². The fourth-order valence-corrected chi connectivity index (χ4v) is 3.00. The maximum Gasteiger partial charge on any atom is 0.0614 e. The van der Waals surface area contributed by atoms with Gasteiger partial charge in [0.15, 0.2) is 0 Å². The predicted molar refractivity (Wildman–Crippen MR) is 97.0 cm³/mol. The number of rotatable bonds is 14. The van der Waals surface area contributed by atoms with E-state index in [-0.39, 0.29) is 6.61 Å². The third-order valence-electron chi connectivity index (χ3n) is 4.81. The van der Waals surface area contributed by atoms with Crippen molar-refractivity contribution < 1.29 is 10.2 Å². The lowest BCUT2D eigenvalue weighted by molar-refractivity contribution is 0.225. The molecule has 0 amide bonds. The molecule has 0 bridgehead atoms. The van der Waals surface area contributed by atoms with Gasteiger partial charge in [-0.1, -0.05) is 70.9 Å². The van der Waals surface area contributed by atoms with Crippen molar-refractivity contribution in [3.8, 4) is 0 Å². The van der Waals surface area contributed by atoms with Gasteiger partial charge in [-0.2, -0.15) is 0 Å². The Morgan fingerprint density at radius 1 is 0.773 bits per heavy atom. The Labute approximate surface area is 139 Å². The van der Waals surface area contributed by atoms with Gasteiger partial charge in [0.1, 0.15) is 0 Å². The van der Waals surface area contributed by atoms with Crippen LogP contribution in [0.3, 0.4) is 0 Å². The Kier molecular flexibility index (Phi) is 14.0. The summed E-state index contributed by atoms with van der Waals surface area (Å²) in [5.41, 5.74) is 1.32. The van der Waals surface area contributed by atoms with Gasteiger partial charge in [0.05, 0.1) is 6.61 Å². The third-order valence-corrected chi connectivity index (χ3v) is 4.81. The molecule has 0 aliphatic carbocycles. The summed E-state index contributed by atoms with van der Waals surface area (Å²) in [6.07, 6.45) is 13.4. The molecular formula is C20H40O2. The second-order valence-corrected chi connectivity index (χ2v) is 7.49. The zero-order valence-corrected chi connectivity index (χ0v) is 15.5. The standard InChI is InChI=1S/C20H40O2/c1-17(10-6-12-19(3)14-15-21)8-5-9-18(2)11-7-13-20(4)16-22/h14,17-18,20-22H,5-13,15-16H2,1-4H3/b19-14+/t17-,18+,20-/m1/s1. The topological polar surface area (TPSA) is 40.5 Å². The summed E-state index contributed by atoms with van der Waals surface area (Å²) in [4.78, 5) is 0. The lowest BCUT2D eigenvalue weighted by Gasteiger charge is -2.15. The van der Waals surface area contributed by atoms with E-state index < -0.39 is 0 Å². The molecule has 0 aromatic heterocycles. The van der Waals surface area contributed by atoms with Crippen LogP contribution >= 0.6 is 0 Å². The fourth-order valence-electron chi connectivity index (χ4n) is 3.00. The smallest absolute Gasteiger partial charge is 0.0614 e. The van der Waals surface area contributed by atoms with Crippen LogP contribution in [0, 0.1) is 17.8 Å². The maximum absolute atomic E-state index is 9.02. The van der Waals surface area contributed by atoms with E-state index in [2.05, 4.69) is 27.7 Å². The first-order chi connectivity index (χ1) is 10.5. The molecule has 0 fully saturated rings. The average molecular weight is 313 g/mol. The van der Waals surface area contributed by atoms with E-state index in [1.165, 1.54) is 50.5 Å². The van der Waals surface area contributed by atoms with Gasteiger partial charge >= 0.3 is 0 Å². The summed E-state index contributed by atoms with van der Waals surface area (Å²) in [5.74, 6) is 2.12. The molecule has 2 nitrogen and oxygen atoms in total. The monoisotopic (exact) mass is 312 g/mol. The summed E-state index contributed by atoms with van der Waals surface area (Å²) >= 11 is 0. The summed E-state index contributed by atoms with van der Waals surface area (Å²) in [5, 5.41) is 17.9. The van der Waals surface area contributed by atoms with Crippen LogP contribution in [0.4, 0.5) is 0 Å². The molecule has 0 saturated heterocycles. The molecule has 0 aromatic carbocycles. The second kappa shape index (κ2) is 14.3. The molecule has 0 unspecified atom stereocenters. The molecule has 2 heteroatoms. The lowest BCUT2D eigenvalue weighted by atomic mass is 9.91. The van der Waals surface area contributed by atoms with Gasteiger partial charge in [0.2, 0.25) is 0 Å². The molecule has 0 radical (unpaired) electrons. The molecule has 0 spiro atoms. The number of aliphatic hydroxyl groups is 2. The quantitative estimate of drug-likeness (QED) is 0.425. The molecule has 132 valence electrons. The number of aliphatic hydroxyl groups excluding tert-OH is 2. The molecule has 0 aliphatic rings. The Morgan fingerprint density at radius 3 is 1.68 bits per heavy atom. The van der Waals surface area contributed by atoms with E-state index in [0.29, 0.717) is 12.5 Å². The first-order valence-corrected chi connectivity index (χ1v) is 9.36. The molecule has 0 saturated carbocycles. The molecule has 0 rings (SSSR count). The Hall–Kier alpha value is -0.340. The van der Waals surface area contributed by atoms with E-state index >= 15 is 0 Å². The molecule has 0 aliphatic heterocycles. The summed E-state index contributed by atoms with van der Waals surface area (Å²) in [6, 6.07) is 0. The van der Waals surface area contributed by atoms with Crippen LogP contribution in [0.1, 0.15) is 85.5 Å². The van der Waals surface area contributed by atoms with E-state index in [9.17, 15) is 0 Å². The summed E-state index contributed by atoms with van der Waals surface area (Å²) in [6.45, 7) is 9.50. The highest BCUT2D eigenvalue weighted by Gasteiger charge is 2.07. The van der Waals surface area contributed by atoms with Gasteiger partial charge in [-0.3, -0.25) is 0 Å². The summed E-state index contributed by atoms with van der Waals surface area (Å²) < 4.78 is 0. The van der Waals surface area contributed by atoms with Crippen LogP contribution in [0.2, 0.25) is 0 Å². The summed E-state index contributed by atoms with van der Waals surface area (Å²) in [7, 11) is 0. The van der Waals surface area contributed by atoms with E-state index in [4.69, 9.17) is 10.2 Å². The van der Waals surface area contributed by atoms with Crippen LogP contribution < -0.4 is 0 Å². The number of allylic oxidation sites excluding steroid dienone is 1. The highest BCUT2D eigenvalue weighted by molar-refractivity contribution is 4.97. The van der Waals surface area contributed by atoms with Crippen molar-refractivity contribution in [1.82, 2.24) is 0 Å². The maximum atomic E-state index is 9.02. The molecule has 0 aromatic rings. The Balaban J connectivity index is 3.54. The van der Waals surface area contributed by atoms with Crippen molar-refractivity contribution >= 4 is 0 Å². The van der Waals surface area contributed by atoms with Crippen LogP contribution in [-0.2, 0) is 0 Å². The van der Waals surface area contributed by atoms with Gasteiger partial charge in [-0.05, 0) is 43.9 Å². The van der Waals surface area contributed by atoms with Crippen LogP contribution in [0.25, 0.3) is 0 Å². The lowest BCUT2D eigenvalue weighted by Crippen LogP contribution is -2.03. The SMILES string of the molecule is C/C(=C\CO)CCC[C@H](C)CCC[C@H](C)CCC[C@@H](C)CO. The van der Waals surface area contributed by atoms with Gasteiger partial charge in [-0.25, -0.2) is 0 Å². The molecule has 0 heterocycles. The zero-order chi connectivity index (χ0) is 16.8. The Bertz CT molecular complexity index is 273. The minimum atomic E-state index is 0.177. The average Bonchev–Trinajstić information content (AvgIpc) is 2.47. The Morgan fingerprint density at radius 2 is 1.23 bits per heavy atom.